The van der Waals surface area contributed by atoms with Crippen molar-refractivity contribution in [2.24, 2.45) is 0 Å². The van der Waals surface area contributed by atoms with Crippen molar-refractivity contribution in [3.8, 4) is 23.0 Å². The highest BCUT2D eigenvalue weighted by Gasteiger charge is 2.28. The first-order valence-corrected chi connectivity index (χ1v) is 9.34. The van der Waals surface area contributed by atoms with Gasteiger partial charge in [-0.25, -0.2) is 0 Å². The van der Waals surface area contributed by atoms with Crippen LogP contribution in [0.1, 0.15) is 54.3 Å². The number of carbonyl (C=O) groups excluding carboxylic acids is 4. The second-order valence-electron chi connectivity index (χ2n) is 7.14. The average molecular weight is 398 g/mol. The Hall–Kier alpha value is -4.06. The van der Waals surface area contributed by atoms with E-state index in [1.54, 1.807) is 60.7 Å². The van der Waals surface area contributed by atoms with Crippen LogP contribution in [0.2, 0.25) is 0 Å². The monoisotopic (exact) mass is 398 g/mol. The lowest BCUT2D eigenvalue weighted by Gasteiger charge is -2.10. The van der Waals surface area contributed by atoms with Crippen molar-refractivity contribution in [1.29, 1.82) is 0 Å². The minimum absolute atomic E-state index is 0.0900. The third-order valence-electron chi connectivity index (χ3n) is 5.12. The van der Waals surface area contributed by atoms with Crippen LogP contribution in [-0.4, -0.2) is 23.1 Å². The molecule has 0 atom stereocenters. The predicted molar refractivity (Wildman–Crippen MR) is 106 cm³/mol. The summed E-state index contributed by atoms with van der Waals surface area (Å²) in [6.45, 7) is 0. The van der Waals surface area contributed by atoms with Crippen LogP contribution >= 0.6 is 0 Å². The first-order chi connectivity index (χ1) is 14.5. The Morgan fingerprint density at radius 3 is 1.17 bits per heavy atom. The summed E-state index contributed by atoms with van der Waals surface area (Å²) in [6, 6.07) is 16.5. The molecule has 0 bridgehead atoms. The maximum absolute atomic E-state index is 11.9. The van der Waals surface area contributed by atoms with E-state index >= 15 is 0 Å². The summed E-state index contributed by atoms with van der Waals surface area (Å²) < 4.78 is 11.6. The van der Waals surface area contributed by atoms with Gasteiger partial charge in [0.2, 0.25) is 0 Å². The van der Waals surface area contributed by atoms with Crippen molar-refractivity contribution < 1.29 is 28.7 Å². The standard InChI is InChI=1S/C24H14O6/c25-21-11-23(27)19-9-15(5-7-17(19)21)29-13-1-2-14(4-3-13)30-16-6-8-18-20(10-16)24(28)12-22(18)26/h1-10H,11-12H2. The van der Waals surface area contributed by atoms with E-state index in [1.165, 1.54) is 0 Å². The minimum atomic E-state index is -0.196. The molecule has 0 amide bonds. The summed E-state index contributed by atoms with van der Waals surface area (Å²) in [5.41, 5.74) is 1.65. The van der Waals surface area contributed by atoms with Gasteiger partial charge >= 0.3 is 0 Å². The summed E-state index contributed by atoms with van der Waals surface area (Å²) in [4.78, 5) is 47.2. The zero-order valence-corrected chi connectivity index (χ0v) is 15.6. The third-order valence-corrected chi connectivity index (χ3v) is 5.12. The largest absolute Gasteiger partial charge is 0.457 e. The molecule has 0 unspecified atom stereocenters. The van der Waals surface area contributed by atoms with Gasteiger partial charge in [-0.1, -0.05) is 0 Å². The number of benzene rings is 3. The number of rotatable bonds is 4. The molecule has 5 rings (SSSR count). The molecule has 6 nitrogen and oxygen atoms in total. The van der Waals surface area contributed by atoms with Crippen LogP contribution < -0.4 is 9.47 Å². The Bertz CT molecular complexity index is 1150. The predicted octanol–water partition coefficient (Wildman–Crippen LogP) is 4.81. The molecule has 0 saturated carbocycles. The van der Waals surface area contributed by atoms with E-state index in [9.17, 15) is 19.2 Å². The molecule has 0 N–H and O–H groups in total. The van der Waals surface area contributed by atoms with Gasteiger partial charge in [0.15, 0.2) is 23.1 Å². The maximum Gasteiger partial charge on any atom is 0.171 e. The van der Waals surface area contributed by atoms with Crippen LogP contribution in [-0.2, 0) is 0 Å². The third kappa shape index (κ3) is 3.08. The first kappa shape index (κ1) is 18.0. The van der Waals surface area contributed by atoms with Crippen LogP contribution in [0.25, 0.3) is 0 Å². The lowest BCUT2D eigenvalue weighted by atomic mass is 10.1. The van der Waals surface area contributed by atoms with Gasteiger partial charge in [0.1, 0.15) is 23.0 Å². The smallest absolute Gasteiger partial charge is 0.171 e. The van der Waals surface area contributed by atoms with Gasteiger partial charge in [0.25, 0.3) is 0 Å². The molecule has 0 fully saturated rings. The summed E-state index contributed by atoms with van der Waals surface area (Å²) in [5, 5.41) is 0. The van der Waals surface area contributed by atoms with Gasteiger partial charge in [-0.05, 0) is 60.7 Å². The number of ether oxygens (including phenoxy) is 2. The molecule has 0 spiro atoms. The molecule has 0 radical (unpaired) electrons. The van der Waals surface area contributed by atoms with Crippen LogP contribution in [0.5, 0.6) is 23.0 Å². The highest BCUT2D eigenvalue weighted by molar-refractivity contribution is 6.25. The minimum Gasteiger partial charge on any atom is -0.457 e. The zero-order chi connectivity index (χ0) is 20.8. The second-order valence-corrected chi connectivity index (χ2v) is 7.14. The number of ketones is 4. The molecule has 2 aliphatic carbocycles. The molecule has 0 aliphatic heterocycles. The van der Waals surface area contributed by atoms with Crippen LogP contribution in [0.15, 0.2) is 60.7 Å². The number of hydrogen-bond donors (Lipinski definition) is 0. The van der Waals surface area contributed by atoms with Crippen molar-refractivity contribution in [3.63, 3.8) is 0 Å². The van der Waals surface area contributed by atoms with E-state index in [0.29, 0.717) is 45.3 Å². The molecule has 2 aliphatic rings. The van der Waals surface area contributed by atoms with E-state index in [0.717, 1.165) is 0 Å². The van der Waals surface area contributed by atoms with Crippen LogP contribution in [0.3, 0.4) is 0 Å². The zero-order valence-electron chi connectivity index (χ0n) is 15.6. The van der Waals surface area contributed by atoms with E-state index in [4.69, 9.17) is 9.47 Å². The summed E-state index contributed by atoms with van der Waals surface area (Å²) >= 11 is 0. The molecule has 30 heavy (non-hydrogen) atoms. The van der Waals surface area contributed by atoms with Gasteiger partial charge in [-0.15, -0.1) is 0 Å². The Balaban J connectivity index is 1.31. The van der Waals surface area contributed by atoms with E-state index in [2.05, 4.69) is 0 Å². The molecule has 3 aromatic rings. The Morgan fingerprint density at radius 1 is 0.433 bits per heavy atom. The van der Waals surface area contributed by atoms with Crippen molar-refractivity contribution in [1.82, 2.24) is 0 Å². The van der Waals surface area contributed by atoms with E-state index in [-0.39, 0.29) is 36.0 Å². The molecular formula is C24H14O6. The fourth-order valence-electron chi connectivity index (χ4n) is 3.64. The van der Waals surface area contributed by atoms with Crippen molar-refractivity contribution >= 4 is 23.1 Å². The summed E-state index contributed by atoms with van der Waals surface area (Å²) in [7, 11) is 0. The highest BCUT2D eigenvalue weighted by Crippen LogP contribution is 2.32. The second kappa shape index (κ2) is 6.77. The molecule has 146 valence electrons. The fourth-order valence-corrected chi connectivity index (χ4v) is 3.64. The van der Waals surface area contributed by atoms with E-state index < -0.39 is 0 Å². The lowest BCUT2D eigenvalue weighted by molar-refractivity contribution is 0.0906. The Labute approximate surface area is 171 Å². The van der Waals surface area contributed by atoms with Crippen molar-refractivity contribution in [3.05, 3.63) is 82.9 Å². The molecule has 0 saturated heterocycles. The average Bonchev–Trinajstić information content (AvgIpc) is 3.18. The number of carbonyl (C=O) groups is 4. The fraction of sp³-hybridized carbons (Fsp3) is 0.0833. The first-order valence-electron chi connectivity index (χ1n) is 9.34. The normalized spacial score (nSPS) is 14.7. The number of Topliss-reactive ketones (excluding diaryl/α,β-unsaturated/α-hetero) is 4. The molecular weight excluding hydrogens is 384 g/mol. The lowest BCUT2D eigenvalue weighted by Crippen LogP contribution is -1.93. The Kier molecular flexibility index (Phi) is 4.06. The number of fused-ring (bicyclic) bond motifs is 2. The van der Waals surface area contributed by atoms with Crippen LogP contribution in [0, 0.1) is 0 Å². The maximum atomic E-state index is 11.9. The van der Waals surface area contributed by atoms with Gasteiger partial charge in [0.05, 0.1) is 12.8 Å². The van der Waals surface area contributed by atoms with Crippen molar-refractivity contribution in [2.75, 3.05) is 0 Å². The Morgan fingerprint density at radius 2 is 0.767 bits per heavy atom. The van der Waals surface area contributed by atoms with Crippen molar-refractivity contribution in [2.45, 2.75) is 12.8 Å². The highest BCUT2D eigenvalue weighted by atomic mass is 16.5. The molecule has 6 heteroatoms. The summed E-state index contributed by atoms with van der Waals surface area (Å²) in [5.74, 6) is 1.28. The van der Waals surface area contributed by atoms with Gasteiger partial charge in [-0.3, -0.25) is 19.2 Å². The quantitative estimate of drug-likeness (QED) is 0.586. The molecule has 3 aromatic carbocycles. The number of hydrogen-bond acceptors (Lipinski definition) is 6. The SMILES string of the molecule is O=C1CC(=O)c2cc(Oc3ccc(Oc4ccc5c(c4)C(=O)CC5=O)cc3)ccc21. The summed E-state index contributed by atoms with van der Waals surface area (Å²) in [6.07, 6.45) is -0.180. The van der Waals surface area contributed by atoms with Gasteiger partial charge in [0, 0.05) is 22.3 Å². The molecule has 0 aromatic heterocycles. The van der Waals surface area contributed by atoms with Gasteiger partial charge < -0.3 is 9.47 Å². The van der Waals surface area contributed by atoms with E-state index in [1.807, 2.05) is 0 Å². The topological polar surface area (TPSA) is 86.7 Å². The molecule has 0 heterocycles. The van der Waals surface area contributed by atoms with Gasteiger partial charge in [-0.2, -0.15) is 0 Å². The van der Waals surface area contributed by atoms with Crippen LogP contribution in [0.4, 0.5) is 0 Å².